The molecule has 102 valence electrons. The second-order valence-corrected chi connectivity index (χ2v) is 4.61. The van der Waals surface area contributed by atoms with E-state index in [9.17, 15) is 4.79 Å². The molecule has 0 bridgehead atoms. The van der Waals surface area contributed by atoms with Crippen molar-refractivity contribution < 1.29 is 4.79 Å². The van der Waals surface area contributed by atoms with Crippen LogP contribution in [0.3, 0.4) is 0 Å². The van der Waals surface area contributed by atoms with Crippen molar-refractivity contribution in [2.24, 2.45) is 0 Å². The monoisotopic (exact) mass is 289 g/mol. The third-order valence-corrected chi connectivity index (χ3v) is 3.12. The summed E-state index contributed by atoms with van der Waals surface area (Å²) in [7, 11) is 0. The smallest absolute Gasteiger partial charge is 0.240 e. The molecule has 0 aliphatic rings. The van der Waals surface area contributed by atoms with Gasteiger partial charge in [-0.15, -0.1) is 10.2 Å². The Bertz CT molecular complexity index is 661. The van der Waals surface area contributed by atoms with Gasteiger partial charge in [0.05, 0.1) is 6.04 Å². The molecule has 1 heterocycles. The SMILES string of the molecule is CC(NC(=O)Cn1cnnc1C#N)c1ccccc1Cl. The number of benzene rings is 1. The summed E-state index contributed by atoms with van der Waals surface area (Å²) < 4.78 is 1.38. The third-order valence-electron chi connectivity index (χ3n) is 2.78. The van der Waals surface area contributed by atoms with Crippen molar-refractivity contribution in [3.05, 3.63) is 47.0 Å². The van der Waals surface area contributed by atoms with Crippen molar-refractivity contribution in [3.8, 4) is 6.07 Å². The Morgan fingerprint density at radius 3 is 3.00 bits per heavy atom. The summed E-state index contributed by atoms with van der Waals surface area (Å²) >= 11 is 6.07. The molecule has 2 aromatic rings. The Labute approximate surface area is 121 Å². The van der Waals surface area contributed by atoms with Crippen LogP contribution in [0.1, 0.15) is 24.4 Å². The maximum atomic E-state index is 11.9. The summed E-state index contributed by atoms with van der Waals surface area (Å²) in [4.78, 5) is 11.9. The van der Waals surface area contributed by atoms with Crippen molar-refractivity contribution in [1.82, 2.24) is 20.1 Å². The number of carbonyl (C=O) groups is 1. The molecule has 1 unspecified atom stereocenters. The van der Waals surface area contributed by atoms with Crippen LogP contribution in [0.4, 0.5) is 0 Å². The molecule has 0 aliphatic heterocycles. The fraction of sp³-hybridized carbons (Fsp3) is 0.231. The Balaban J connectivity index is 2.02. The molecule has 0 spiro atoms. The van der Waals surface area contributed by atoms with E-state index in [4.69, 9.17) is 16.9 Å². The number of hydrogen-bond donors (Lipinski definition) is 1. The molecular formula is C13H12ClN5O. The van der Waals surface area contributed by atoms with E-state index in [-0.39, 0.29) is 24.3 Å². The average Bonchev–Trinajstić information content (AvgIpc) is 2.86. The summed E-state index contributed by atoms with van der Waals surface area (Å²) in [6.45, 7) is 1.83. The van der Waals surface area contributed by atoms with Crippen LogP contribution in [-0.4, -0.2) is 20.7 Å². The van der Waals surface area contributed by atoms with Crippen LogP contribution < -0.4 is 5.32 Å². The Morgan fingerprint density at radius 2 is 2.30 bits per heavy atom. The molecule has 1 amide bonds. The Hall–Kier alpha value is -2.39. The summed E-state index contributed by atoms with van der Waals surface area (Å²) in [5.74, 6) is -0.140. The standard InChI is InChI=1S/C13H12ClN5O/c1-9(10-4-2-3-5-11(10)14)17-13(20)7-19-8-16-18-12(19)6-15/h2-5,8-9H,7H2,1H3,(H,17,20). The second kappa shape index (κ2) is 6.17. The highest BCUT2D eigenvalue weighted by Gasteiger charge is 2.14. The lowest BCUT2D eigenvalue weighted by atomic mass is 10.1. The van der Waals surface area contributed by atoms with E-state index in [0.29, 0.717) is 5.02 Å². The first-order chi connectivity index (χ1) is 9.61. The lowest BCUT2D eigenvalue weighted by Crippen LogP contribution is -2.30. The summed E-state index contributed by atoms with van der Waals surface area (Å²) in [5.41, 5.74) is 0.840. The van der Waals surface area contributed by atoms with Crippen LogP contribution >= 0.6 is 11.6 Å². The molecule has 0 fully saturated rings. The predicted octanol–water partition coefficient (Wildman–Crippen LogP) is 1.68. The Kier molecular flexibility index (Phi) is 4.33. The number of carbonyl (C=O) groups excluding carboxylic acids is 1. The number of nitrogens with one attached hydrogen (secondary N) is 1. The Morgan fingerprint density at radius 1 is 1.55 bits per heavy atom. The van der Waals surface area contributed by atoms with E-state index in [2.05, 4.69) is 15.5 Å². The van der Waals surface area contributed by atoms with Crippen molar-refractivity contribution in [2.45, 2.75) is 19.5 Å². The largest absolute Gasteiger partial charge is 0.348 e. The molecular weight excluding hydrogens is 278 g/mol. The van der Waals surface area contributed by atoms with Crippen LogP contribution in [0.5, 0.6) is 0 Å². The first-order valence-electron chi connectivity index (χ1n) is 5.93. The first kappa shape index (κ1) is 14.0. The minimum Gasteiger partial charge on any atom is -0.348 e. The zero-order valence-corrected chi connectivity index (χ0v) is 11.5. The van der Waals surface area contributed by atoms with Crippen molar-refractivity contribution in [1.29, 1.82) is 5.26 Å². The third kappa shape index (κ3) is 3.13. The van der Waals surface area contributed by atoms with E-state index in [1.54, 1.807) is 6.07 Å². The molecule has 7 heteroatoms. The van der Waals surface area contributed by atoms with Gasteiger partial charge in [-0.05, 0) is 18.6 Å². The van der Waals surface area contributed by atoms with Crippen molar-refractivity contribution in [2.75, 3.05) is 0 Å². The zero-order chi connectivity index (χ0) is 14.5. The molecule has 1 atom stereocenters. The number of aromatic nitrogens is 3. The van der Waals surface area contributed by atoms with Crippen molar-refractivity contribution >= 4 is 17.5 Å². The van der Waals surface area contributed by atoms with Gasteiger partial charge in [-0.3, -0.25) is 9.36 Å². The lowest BCUT2D eigenvalue weighted by Gasteiger charge is -2.15. The van der Waals surface area contributed by atoms with Gasteiger partial charge in [-0.2, -0.15) is 5.26 Å². The fourth-order valence-corrected chi connectivity index (χ4v) is 2.10. The maximum absolute atomic E-state index is 11.9. The number of nitrogens with zero attached hydrogens (tertiary/aromatic N) is 4. The zero-order valence-electron chi connectivity index (χ0n) is 10.7. The molecule has 2 rings (SSSR count). The number of amides is 1. The average molecular weight is 290 g/mol. The van der Waals surface area contributed by atoms with Gasteiger partial charge in [0.25, 0.3) is 0 Å². The molecule has 0 saturated carbocycles. The molecule has 6 nitrogen and oxygen atoms in total. The minimum absolute atomic E-state index is 0.00924. The number of rotatable bonds is 4. The van der Waals surface area contributed by atoms with Crippen LogP contribution in [0.15, 0.2) is 30.6 Å². The number of hydrogen-bond acceptors (Lipinski definition) is 4. The summed E-state index contributed by atoms with van der Waals surface area (Å²) in [6, 6.07) is 8.95. The number of nitriles is 1. The van der Waals surface area contributed by atoms with Gasteiger partial charge >= 0.3 is 0 Å². The lowest BCUT2D eigenvalue weighted by molar-refractivity contribution is -0.122. The predicted molar refractivity (Wildman–Crippen MR) is 72.7 cm³/mol. The molecule has 1 aromatic heterocycles. The van der Waals surface area contributed by atoms with E-state index >= 15 is 0 Å². The topological polar surface area (TPSA) is 83.6 Å². The molecule has 0 aliphatic carbocycles. The van der Waals surface area contributed by atoms with Gasteiger partial charge < -0.3 is 5.32 Å². The van der Waals surface area contributed by atoms with Crippen LogP contribution in [0.25, 0.3) is 0 Å². The van der Waals surface area contributed by atoms with E-state index in [0.717, 1.165) is 5.56 Å². The molecule has 20 heavy (non-hydrogen) atoms. The molecule has 0 saturated heterocycles. The maximum Gasteiger partial charge on any atom is 0.240 e. The summed E-state index contributed by atoms with van der Waals surface area (Å²) in [6.07, 6.45) is 1.35. The molecule has 1 N–H and O–H groups in total. The van der Waals surface area contributed by atoms with Crippen molar-refractivity contribution in [3.63, 3.8) is 0 Å². The van der Waals surface area contributed by atoms with Gasteiger partial charge in [0.15, 0.2) is 0 Å². The summed E-state index contributed by atoms with van der Waals surface area (Å²) in [5, 5.41) is 19.4. The highest BCUT2D eigenvalue weighted by Crippen LogP contribution is 2.21. The number of halogens is 1. The van der Waals surface area contributed by atoms with E-state index in [1.807, 2.05) is 31.2 Å². The molecule has 1 aromatic carbocycles. The van der Waals surface area contributed by atoms with Crippen LogP contribution in [0, 0.1) is 11.3 Å². The fourth-order valence-electron chi connectivity index (χ4n) is 1.80. The van der Waals surface area contributed by atoms with E-state index in [1.165, 1.54) is 10.9 Å². The van der Waals surface area contributed by atoms with Gasteiger partial charge in [-0.1, -0.05) is 29.8 Å². The first-order valence-corrected chi connectivity index (χ1v) is 6.31. The highest BCUT2D eigenvalue weighted by atomic mass is 35.5. The normalized spacial score (nSPS) is 11.7. The second-order valence-electron chi connectivity index (χ2n) is 4.20. The van der Waals surface area contributed by atoms with E-state index < -0.39 is 0 Å². The highest BCUT2D eigenvalue weighted by molar-refractivity contribution is 6.31. The quantitative estimate of drug-likeness (QED) is 0.928. The van der Waals surface area contributed by atoms with Crippen LogP contribution in [0.2, 0.25) is 5.02 Å². The van der Waals surface area contributed by atoms with Gasteiger partial charge in [0, 0.05) is 5.02 Å². The van der Waals surface area contributed by atoms with Gasteiger partial charge in [0.1, 0.15) is 18.9 Å². The van der Waals surface area contributed by atoms with Gasteiger partial charge in [0.2, 0.25) is 11.7 Å². The van der Waals surface area contributed by atoms with Gasteiger partial charge in [-0.25, -0.2) is 0 Å². The minimum atomic E-state index is -0.242. The van der Waals surface area contributed by atoms with Crippen LogP contribution in [-0.2, 0) is 11.3 Å². The molecule has 0 radical (unpaired) electrons.